The number of carbonyl (C=O) groups is 1. The van der Waals surface area contributed by atoms with E-state index in [-0.39, 0.29) is 5.91 Å². The maximum atomic E-state index is 11.8. The molecule has 0 unspecified atom stereocenters. The Hall–Kier alpha value is -1.22. The van der Waals surface area contributed by atoms with Crippen LogP contribution in [0.3, 0.4) is 0 Å². The molecule has 0 atom stereocenters. The Morgan fingerprint density at radius 1 is 1.47 bits per heavy atom. The molecule has 0 radical (unpaired) electrons. The van der Waals surface area contributed by atoms with Gasteiger partial charge in [-0.25, -0.2) is 0 Å². The second kappa shape index (κ2) is 4.11. The summed E-state index contributed by atoms with van der Waals surface area (Å²) >= 11 is 5.84. The van der Waals surface area contributed by atoms with Crippen molar-refractivity contribution in [1.82, 2.24) is 4.42 Å². The van der Waals surface area contributed by atoms with Gasteiger partial charge in [0.2, 0.25) is 0 Å². The Balaban J connectivity index is 2.46. The molecule has 1 aromatic carbocycles. The van der Waals surface area contributed by atoms with E-state index in [0.29, 0.717) is 17.9 Å². The van der Waals surface area contributed by atoms with Crippen LogP contribution in [0.5, 0.6) is 5.75 Å². The first-order valence-corrected chi connectivity index (χ1v) is 5.21. The number of fused-ring (bicyclic) bond motifs is 1. The first-order valence-electron chi connectivity index (χ1n) is 4.87. The topological polar surface area (TPSA) is 29.5 Å². The summed E-state index contributed by atoms with van der Waals surface area (Å²) in [5, 5.41) is 0. The van der Waals surface area contributed by atoms with Crippen molar-refractivity contribution in [2.75, 3.05) is 13.7 Å². The highest BCUT2D eigenvalue weighted by molar-refractivity contribution is 6.24. The summed E-state index contributed by atoms with van der Waals surface area (Å²) in [6.45, 7) is 0.595. The molecule has 1 aliphatic rings. The monoisotopic (exact) mass is 225 g/mol. The summed E-state index contributed by atoms with van der Waals surface area (Å²) in [6.07, 6.45) is 1.78. The molecule has 0 aliphatic carbocycles. The van der Waals surface area contributed by atoms with Crippen molar-refractivity contribution in [3.63, 3.8) is 0 Å². The number of benzene rings is 1. The molecule has 1 aliphatic heterocycles. The molecule has 1 heterocycles. The van der Waals surface area contributed by atoms with Crippen LogP contribution in [0.1, 0.15) is 22.3 Å². The number of nitrogens with zero attached hydrogens (tertiary/aromatic N) is 1. The zero-order valence-corrected chi connectivity index (χ0v) is 9.25. The molecule has 0 aromatic heterocycles. The number of ether oxygens (including phenoxy) is 1. The van der Waals surface area contributed by atoms with Gasteiger partial charge in [-0.2, -0.15) is 0 Å². The Morgan fingerprint density at radius 3 is 3.00 bits per heavy atom. The van der Waals surface area contributed by atoms with Gasteiger partial charge in [0.1, 0.15) is 5.75 Å². The highest BCUT2D eigenvalue weighted by Crippen LogP contribution is 2.24. The molecule has 0 N–H and O–H groups in total. The Labute approximate surface area is 93.7 Å². The summed E-state index contributed by atoms with van der Waals surface area (Å²) in [6, 6.07) is 5.55. The summed E-state index contributed by atoms with van der Waals surface area (Å²) in [5.74, 6) is 0.553. The van der Waals surface area contributed by atoms with Crippen LogP contribution in [0.15, 0.2) is 18.2 Å². The van der Waals surface area contributed by atoms with Crippen LogP contribution < -0.4 is 4.74 Å². The normalized spacial score (nSPS) is 15.9. The number of aryl methyl sites for hydroxylation is 1. The summed E-state index contributed by atoms with van der Waals surface area (Å²) in [5.41, 5.74) is 1.70. The predicted molar refractivity (Wildman–Crippen MR) is 58.2 cm³/mol. The van der Waals surface area contributed by atoms with E-state index in [9.17, 15) is 4.79 Å². The van der Waals surface area contributed by atoms with Crippen molar-refractivity contribution >= 4 is 17.7 Å². The number of halogens is 1. The number of rotatable bonds is 1. The van der Waals surface area contributed by atoms with Gasteiger partial charge in [-0.1, -0.05) is 6.07 Å². The second-order valence-corrected chi connectivity index (χ2v) is 3.93. The third kappa shape index (κ3) is 1.92. The largest absolute Gasteiger partial charge is 0.497 e. The average Bonchev–Trinajstić information content (AvgIpc) is 2.40. The van der Waals surface area contributed by atoms with Crippen molar-refractivity contribution in [2.24, 2.45) is 0 Å². The zero-order valence-electron chi connectivity index (χ0n) is 8.50. The third-order valence-electron chi connectivity index (χ3n) is 2.57. The fourth-order valence-corrected chi connectivity index (χ4v) is 1.95. The summed E-state index contributed by atoms with van der Waals surface area (Å²) in [7, 11) is 1.58. The van der Waals surface area contributed by atoms with E-state index in [4.69, 9.17) is 16.5 Å². The summed E-state index contributed by atoms with van der Waals surface area (Å²) in [4.78, 5) is 11.8. The van der Waals surface area contributed by atoms with Gasteiger partial charge < -0.3 is 4.74 Å². The van der Waals surface area contributed by atoms with Gasteiger partial charge >= 0.3 is 0 Å². The Morgan fingerprint density at radius 2 is 2.27 bits per heavy atom. The van der Waals surface area contributed by atoms with E-state index < -0.39 is 0 Å². The number of hydrogen-bond acceptors (Lipinski definition) is 2. The lowest BCUT2D eigenvalue weighted by Gasteiger charge is -2.11. The number of hydrogen-bond donors (Lipinski definition) is 0. The molecule has 1 aromatic rings. The maximum Gasteiger partial charge on any atom is 0.268 e. The minimum absolute atomic E-state index is 0.136. The van der Waals surface area contributed by atoms with E-state index >= 15 is 0 Å². The van der Waals surface area contributed by atoms with E-state index in [0.717, 1.165) is 18.4 Å². The van der Waals surface area contributed by atoms with Gasteiger partial charge in [-0.05, 0) is 30.5 Å². The van der Waals surface area contributed by atoms with E-state index in [2.05, 4.69) is 0 Å². The van der Waals surface area contributed by atoms with Gasteiger partial charge in [0.05, 0.1) is 7.11 Å². The molecule has 0 saturated heterocycles. The van der Waals surface area contributed by atoms with Crippen molar-refractivity contribution in [3.05, 3.63) is 29.3 Å². The highest BCUT2D eigenvalue weighted by atomic mass is 35.5. The molecule has 0 fully saturated rings. The minimum atomic E-state index is -0.136. The van der Waals surface area contributed by atoms with Gasteiger partial charge in [0.25, 0.3) is 5.91 Å². The molecule has 0 bridgehead atoms. The van der Waals surface area contributed by atoms with Crippen LogP contribution in [0, 0.1) is 0 Å². The van der Waals surface area contributed by atoms with Crippen molar-refractivity contribution in [1.29, 1.82) is 0 Å². The fourth-order valence-electron chi connectivity index (χ4n) is 1.74. The van der Waals surface area contributed by atoms with Crippen LogP contribution in [0.4, 0.5) is 0 Å². The number of methoxy groups -OCH3 is 1. The quantitative estimate of drug-likeness (QED) is 0.686. The van der Waals surface area contributed by atoms with Crippen molar-refractivity contribution < 1.29 is 9.53 Å². The predicted octanol–water partition coefficient (Wildman–Crippen LogP) is 2.24. The highest BCUT2D eigenvalue weighted by Gasteiger charge is 2.21. The van der Waals surface area contributed by atoms with Crippen LogP contribution in [0.2, 0.25) is 0 Å². The average molecular weight is 226 g/mol. The van der Waals surface area contributed by atoms with Crippen LogP contribution >= 0.6 is 11.8 Å². The molecule has 4 heteroatoms. The molecule has 15 heavy (non-hydrogen) atoms. The smallest absolute Gasteiger partial charge is 0.268 e. The maximum absolute atomic E-state index is 11.8. The van der Waals surface area contributed by atoms with Crippen LogP contribution in [0.25, 0.3) is 0 Å². The van der Waals surface area contributed by atoms with Gasteiger partial charge in [0.15, 0.2) is 0 Å². The van der Waals surface area contributed by atoms with E-state index in [1.165, 1.54) is 4.42 Å². The SMILES string of the molecule is COc1ccc2c(c1)C(=O)N(Cl)CCC2. The van der Waals surface area contributed by atoms with Crippen LogP contribution in [-0.2, 0) is 6.42 Å². The van der Waals surface area contributed by atoms with Gasteiger partial charge in [-0.15, -0.1) is 0 Å². The minimum Gasteiger partial charge on any atom is -0.497 e. The Kier molecular flexibility index (Phi) is 2.82. The second-order valence-electron chi connectivity index (χ2n) is 3.52. The molecule has 0 saturated carbocycles. The lowest BCUT2D eigenvalue weighted by molar-refractivity contribution is 0.0867. The molecular weight excluding hydrogens is 214 g/mol. The standard InChI is InChI=1S/C11H12ClNO2/c1-15-9-5-4-8-3-2-6-13(12)11(14)10(8)7-9/h4-5,7H,2-3,6H2,1H3. The lowest BCUT2D eigenvalue weighted by atomic mass is 10.0. The number of carbonyl (C=O) groups excluding carboxylic acids is 1. The molecule has 80 valence electrons. The number of amides is 1. The zero-order chi connectivity index (χ0) is 10.8. The summed E-state index contributed by atoms with van der Waals surface area (Å²) < 4.78 is 6.33. The van der Waals surface area contributed by atoms with Crippen molar-refractivity contribution in [2.45, 2.75) is 12.8 Å². The molecule has 3 nitrogen and oxygen atoms in total. The van der Waals surface area contributed by atoms with E-state index in [1.54, 1.807) is 13.2 Å². The molecule has 0 spiro atoms. The van der Waals surface area contributed by atoms with Crippen LogP contribution in [-0.4, -0.2) is 24.0 Å². The van der Waals surface area contributed by atoms with Gasteiger partial charge in [-0.3, -0.25) is 9.21 Å². The first-order chi connectivity index (χ1) is 7.22. The molecule has 2 rings (SSSR count). The third-order valence-corrected chi connectivity index (χ3v) is 2.89. The fraction of sp³-hybridized carbons (Fsp3) is 0.364. The van der Waals surface area contributed by atoms with Crippen molar-refractivity contribution in [3.8, 4) is 5.75 Å². The Bertz CT molecular complexity index is 392. The molecular formula is C11H12ClNO2. The first kappa shape index (κ1) is 10.3. The van der Waals surface area contributed by atoms with E-state index in [1.807, 2.05) is 12.1 Å². The van der Waals surface area contributed by atoms with Gasteiger partial charge in [0, 0.05) is 23.9 Å². The lowest BCUT2D eigenvalue weighted by Crippen LogP contribution is -2.20. The molecule has 1 amide bonds.